The average molecular weight is 324 g/mol. The van der Waals surface area contributed by atoms with E-state index in [4.69, 9.17) is 0 Å². The molecule has 1 amide bonds. The van der Waals surface area contributed by atoms with Crippen LogP contribution in [0.4, 0.5) is 11.5 Å². The van der Waals surface area contributed by atoms with Gasteiger partial charge in [-0.1, -0.05) is 6.07 Å². The molecule has 1 aromatic heterocycles. The first-order chi connectivity index (χ1) is 11.5. The van der Waals surface area contributed by atoms with E-state index in [1.54, 1.807) is 0 Å². The zero-order chi connectivity index (χ0) is 17.1. The molecular weight excluding hydrogens is 300 g/mol. The van der Waals surface area contributed by atoms with E-state index in [2.05, 4.69) is 27.1 Å². The SMILES string of the molecule is Cc1ccc(C(=O)Nc2ccc(N3CCN(C)CC3)cn2)cc1C. The summed E-state index contributed by atoms with van der Waals surface area (Å²) in [5, 5.41) is 2.87. The van der Waals surface area contributed by atoms with Crippen LogP contribution < -0.4 is 10.2 Å². The molecular formula is C19H24N4O. The van der Waals surface area contributed by atoms with Crippen LogP contribution >= 0.6 is 0 Å². The Kier molecular flexibility index (Phi) is 4.81. The molecule has 0 saturated carbocycles. The van der Waals surface area contributed by atoms with Crippen molar-refractivity contribution in [3.63, 3.8) is 0 Å². The van der Waals surface area contributed by atoms with Crippen LogP contribution in [0.15, 0.2) is 36.5 Å². The fourth-order valence-electron chi connectivity index (χ4n) is 2.78. The van der Waals surface area contributed by atoms with Gasteiger partial charge in [-0.15, -0.1) is 0 Å². The average Bonchev–Trinajstić information content (AvgIpc) is 2.59. The maximum absolute atomic E-state index is 12.3. The number of benzene rings is 1. The number of carbonyl (C=O) groups excluding carboxylic acids is 1. The molecule has 0 bridgehead atoms. The summed E-state index contributed by atoms with van der Waals surface area (Å²) in [4.78, 5) is 21.4. The van der Waals surface area contributed by atoms with Crippen molar-refractivity contribution in [2.45, 2.75) is 13.8 Å². The number of rotatable bonds is 3. The molecule has 1 N–H and O–H groups in total. The monoisotopic (exact) mass is 324 g/mol. The summed E-state index contributed by atoms with van der Waals surface area (Å²) in [5.41, 5.74) is 4.05. The molecule has 1 aliphatic rings. The number of amides is 1. The summed E-state index contributed by atoms with van der Waals surface area (Å²) < 4.78 is 0. The number of nitrogens with zero attached hydrogens (tertiary/aromatic N) is 3. The molecule has 1 saturated heterocycles. The lowest BCUT2D eigenvalue weighted by Crippen LogP contribution is -2.44. The Hall–Kier alpha value is -2.40. The number of hydrogen-bond donors (Lipinski definition) is 1. The highest BCUT2D eigenvalue weighted by Crippen LogP contribution is 2.18. The zero-order valence-corrected chi connectivity index (χ0v) is 14.5. The number of hydrogen-bond acceptors (Lipinski definition) is 4. The molecule has 1 aromatic carbocycles. The highest BCUT2D eigenvalue weighted by atomic mass is 16.1. The molecule has 2 aromatic rings. The van der Waals surface area contributed by atoms with E-state index in [1.807, 2.05) is 50.4 Å². The van der Waals surface area contributed by atoms with Gasteiger partial charge in [0.25, 0.3) is 5.91 Å². The molecule has 1 fully saturated rings. The molecule has 126 valence electrons. The summed E-state index contributed by atoms with van der Waals surface area (Å²) in [6.07, 6.45) is 1.83. The van der Waals surface area contributed by atoms with Crippen LogP contribution in [0.3, 0.4) is 0 Å². The second-order valence-electron chi connectivity index (χ2n) is 6.45. The Labute approximate surface area is 143 Å². The quantitative estimate of drug-likeness (QED) is 0.943. The Balaban J connectivity index is 1.65. The number of aromatic nitrogens is 1. The van der Waals surface area contributed by atoms with Gasteiger partial charge in [0.1, 0.15) is 5.82 Å². The van der Waals surface area contributed by atoms with Gasteiger partial charge in [0, 0.05) is 31.7 Å². The van der Waals surface area contributed by atoms with E-state index in [0.717, 1.165) is 37.4 Å². The molecule has 0 aliphatic carbocycles. The Morgan fingerprint density at radius 2 is 1.79 bits per heavy atom. The van der Waals surface area contributed by atoms with E-state index in [9.17, 15) is 4.79 Å². The van der Waals surface area contributed by atoms with Crippen molar-refractivity contribution in [3.8, 4) is 0 Å². The molecule has 5 heteroatoms. The highest BCUT2D eigenvalue weighted by molar-refractivity contribution is 6.03. The van der Waals surface area contributed by atoms with E-state index in [1.165, 1.54) is 5.56 Å². The second-order valence-corrected chi connectivity index (χ2v) is 6.45. The van der Waals surface area contributed by atoms with Gasteiger partial charge in [0.2, 0.25) is 0 Å². The predicted octanol–water partition coefficient (Wildman–Crippen LogP) is 2.70. The third-order valence-corrected chi connectivity index (χ3v) is 4.63. The van der Waals surface area contributed by atoms with Crippen molar-refractivity contribution in [1.29, 1.82) is 0 Å². The maximum Gasteiger partial charge on any atom is 0.256 e. The largest absolute Gasteiger partial charge is 0.368 e. The van der Waals surface area contributed by atoms with Gasteiger partial charge in [-0.2, -0.15) is 0 Å². The highest BCUT2D eigenvalue weighted by Gasteiger charge is 2.15. The molecule has 0 atom stereocenters. The number of carbonyl (C=O) groups is 1. The van der Waals surface area contributed by atoms with Crippen molar-refractivity contribution in [1.82, 2.24) is 9.88 Å². The van der Waals surface area contributed by atoms with Crippen LogP contribution in [-0.4, -0.2) is 49.0 Å². The third-order valence-electron chi connectivity index (χ3n) is 4.63. The lowest BCUT2D eigenvalue weighted by Gasteiger charge is -2.33. The summed E-state index contributed by atoms with van der Waals surface area (Å²) in [6.45, 7) is 8.18. The van der Waals surface area contributed by atoms with Crippen LogP contribution in [0.25, 0.3) is 0 Å². The van der Waals surface area contributed by atoms with Gasteiger partial charge in [0.15, 0.2) is 0 Å². The normalized spacial score (nSPS) is 15.4. The number of nitrogens with one attached hydrogen (secondary N) is 1. The van der Waals surface area contributed by atoms with Crippen molar-refractivity contribution in [3.05, 3.63) is 53.2 Å². The third kappa shape index (κ3) is 3.74. The Bertz CT molecular complexity index is 719. The summed E-state index contributed by atoms with van der Waals surface area (Å²) in [6, 6.07) is 9.61. The fourth-order valence-corrected chi connectivity index (χ4v) is 2.78. The number of pyridine rings is 1. The molecule has 24 heavy (non-hydrogen) atoms. The van der Waals surface area contributed by atoms with Crippen LogP contribution in [-0.2, 0) is 0 Å². The Morgan fingerprint density at radius 1 is 1.04 bits per heavy atom. The second kappa shape index (κ2) is 7.01. The predicted molar refractivity (Wildman–Crippen MR) is 97.8 cm³/mol. The van der Waals surface area contributed by atoms with Crippen LogP contribution in [0, 0.1) is 13.8 Å². The van der Waals surface area contributed by atoms with Gasteiger partial charge in [-0.25, -0.2) is 4.98 Å². The summed E-state index contributed by atoms with van der Waals surface area (Å²) in [5.74, 6) is 0.453. The molecule has 0 spiro atoms. The lowest BCUT2D eigenvalue weighted by molar-refractivity contribution is 0.102. The standard InChI is InChI=1S/C19H24N4O/c1-14-4-5-16(12-15(14)2)19(24)21-18-7-6-17(13-20-18)23-10-8-22(3)9-11-23/h4-7,12-13H,8-11H2,1-3H3,(H,20,21,24). The Morgan fingerprint density at radius 3 is 2.42 bits per heavy atom. The zero-order valence-electron chi connectivity index (χ0n) is 14.5. The molecule has 2 heterocycles. The number of aryl methyl sites for hydroxylation is 2. The van der Waals surface area contributed by atoms with Gasteiger partial charge in [0.05, 0.1) is 11.9 Å². The van der Waals surface area contributed by atoms with Crippen LogP contribution in [0.2, 0.25) is 0 Å². The molecule has 0 radical (unpaired) electrons. The first-order valence-electron chi connectivity index (χ1n) is 8.31. The van der Waals surface area contributed by atoms with Crippen molar-refractivity contribution < 1.29 is 4.79 Å². The smallest absolute Gasteiger partial charge is 0.256 e. The minimum atomic E-state index is -0.127. The molecule has 5 nitrogen and oxygen atoms in total. The van der Waals surface area contributed by atoms with Gasteiger partial charge < -0.3 is 15.1 Å². The molecule has 0 unspecified atom stereocenters. The summed E-state index contributed by atoms with van der Waals surface area (Å²) >= 11 is 0. The fraction of sp³-hybridized carbons (Fsp3) is 0.368. The van der Waals surface area contributed by atoms with E-state index in [0.29, 0.717) is 11.4 Å². The lowest BCUT2D eigenvalue weighted by atomic mass is 10.1. The molecule has 1 aliphatic heterocycles. The number of likely N-dealkylation sites (N-methyl/N-ethyl adjacent to an activating group) is 1. The number of piperazine rings is 1. The molecule has 3 rings (SSSR count). The topological polar surface area (TPSA) is 48.5 Å². The van der Waals surface area contributed by atoms with Gasteiger partial charge >= 0.3 is 0 Å². The van der Waals surface area contributed by atoms with Crippen molar-refractivity contribution in [2.24, 2.45) is 0 Å². The maximum atomic E-state index is 12.3. The summed E-state index contributed by atoms with van der Waals surface area (Å²) in [7, 11) is 2.14. The van der Waals surface area contributed by atoms with Crippen LogP contribution in [0.1, 0.15) is 21.5 Å². The first-order valence-corrected chi connectivity index (χ1v) is 8.31. The minimum Gasteiger partial charge on any atom is -0.368 e. The minimum absolute atomic E-state index is 0.127. The van der Waals surface area contributed by atoms with Crippen LogP contribution in [0.5, 0.6) is 0 Å². The van der Waals surface area contributed by atoms with E-state index in [-0.39, 0.29) is 5.91 Å². The van der Waals surface area contributed by atoms with Crippen molar-refractivity contribution in [2.75, 3.05) is 43.4 Å². The van der Waals surface area contributed by atoms with Gasteiger partial charge in [-0.3, -0.25) is 4.79 Å². The number of anilines is 2. The first kappa shape index (κ1) is 16.5. The van der Waals surface area contributed by atoms with Gasteiger partial charge in [-0.05, 0) is 56.3 Å². The van der Waals surface area contributed by atoms with E-state index < -0.39 is 0 Å². The van der Waals surface area contributed by atoms with E-state index >= 15 is 0 Å². The van der Waals surface area contributed by atoms with Crippen molar-refractivity contribution >= 4 is 17.4 Å².